The fourth-order valence-corrected chi connectivity index (χ4v) is 0. The van der Waals surface area contributed by atoms with E-state index in [0.717, 1.165) is 6.41 Å². The molecule has 0 atom stereocenters. The van der Waals surface area contributed by atoms with Gasteiger partial charge in [-0.15, -0.1) is 0 Å². The molecule has 0 aromatic rings. The Balaban J connectivity index is 0. The van der Waals surface area contributed by atoms with Crippen LogP contribution in [0.3, 0.4) is 0 Å². The van der Waals surface area contributed by atoms with Gasteiger partial charge in [0.15, 0.2) is 0 Å². The van der Waals surface area contributed by atoms with Crippen molar-refractivity contribution in [3.05, 3.63) is 0 Å². The third-order valence-corrected chi connectivity index (χ3v) is 0.211. The van der Waals surface area contributed by atoms with Crippen molar-refractivity contribution in [2.45, 2.75) is 0 Å². The average molecular weight is 600 g/mol. The van der Waals surface area contributed by atoms with Crippen molar-refractivity contribution in [1.82, 2.24) is 4.90 Å². The Kier molecular flexibility index (Phi) is 11.8. The number of halogens is 4. The van der Waals surface area contributed by atoms with Crippen LogP contribution in [0.25, 0.3) is 0 Å². The summed E-state index contributed by atoms with van der Waals surface area (Å²) in [4.78, 5) is 10.9. The van der Waals surface area contributed by atoms with Crippen molar-refractivity contribution in [2.75, 3.05) is 14.1 Å². The van der Waals surface area contributed by atoms with E-state index in [1.54, 1.807) is 14.1 Å². The average Bonchev–Trinajstić information content (AvgIpc) is 1.61. The summed E-state index contributed by atoms with van der Waals surface area (Å²) in [5.74, 6) is 0. The minimum atomic E-state index is -2.03. The van der Waals surface area contributed by atoms with Gasteiger partial charge in [-0.25, -0.2) is 0 Å². The molecule has 0 aromatic heterocycles. The zero-order chi connectivity index (χ0) is 8.78. The van der Waals surface area contributed by atoms with Gasteiger partial charge in [0.05, 0.1) is 0 Å². The van der Waals surface area contributed by atoms with Gasteiger partial charge in [-0.3, -0.25) is 4.79 Å². The SMILES string of the molecule is CN(C)C=O.[Br][Pb]([Br])([Br])[Br]. The van der Waals surface area contributed by atoms with Crippen LogP contribution in [0.4, 0.5) is 0 Å². The number of carbonyl (C=O) groups excluding carboxylic acids is 1. The van der Waals surface area contributed by atoms with Crippen LogP contribution in [0.5, 0.6) is 0 Å². The zero-order valence-corrected chi connectivity index (χ0v) is 15.7. The van der Waals surface area contributed by atoms with Gasteiger partial charge in [-0.05, 0) is 0 Å². The molecular weight excluding hydrogens is 593 g/mol. The normalized spacial score (nSPS) is 9.40. The van der Waals surface area contributed by atoms with Crippen LogP contribution >= 0.6 is 47.9 Å². The number of rotatable bonds is 1. The Morgan fingerprint density at radius 1 is 1.20 bits per heavy atom. The Labute approximate surface area is 88.0 Å². The topological polar surface area (TPSA) is 20.3 Å². The number of nitrogens with zero attached hydrogens (tertiary/aromatic N) is 1. The Hall–Kier alpha value is 2.31. The quantitative estimate of drug-likeness (QED) is 0.336. The van der Waals surface area contributed by atoms with Crippen molar-refractivity contribution < 1.29 is 4.79 Å². The number of hydrogen-bond acceptors (Lipinski definition) is 1. The molecular formula is C3H7Br4NOPb. The standard InChI is InChI=1S/C3H7NO.4BrH.Pb/c1-4(2)3-5;;;;;/h3H,1-2H3;4*1H;/q;;;;;+4/p-4. The first-order valence-corrected chi connectivity index (χ1v) is 35.9. The molecule has 0 aromatic carbocycles. The fraction of sp³-hybridized carbons (Fsp3) is 0.667. The molecule has 0 saturated heterocycles. The van der Waals surface area contributed by atoms with Crippen molar-refractivity contribution in [3.63, 3.8) is 0 Å². The maximum absolute atomic E-state index is 9.43. The zero-order valence-electron chi connectivity index (χ0n) is 5.44. The van der Waals surface area contributed by atoms with E-state index in [1.165, 1.54) is 4.90 Å². The van der Waals surface area contributed by atoms with Crippen LogP contribution in [0.2, 0.25) is 0 Å². The Morgan fingerprint density at radius 2 is 1.30 bits per heavy atom. The second-order valence-corrected chi connectivity index (χ2v) is 103. The summed E-state index contributed by atoms with van der Waals surface area (Å²) < 4.78 is 0. The summed E-state index contributed by atoms with van der Waals surface area (Å²) in [6.07, 6.45) is 0.750. The van der Waals surface area contributed by atoms with Gasteiger partial charge < -0.3 is 4.90 Å². The minimum absolute atomic E-state index is 0.750. The van der Waals surface area contributed by atoms with Gasteiger partial charge in [0.2, 0.25) is 6.41 Å². The van der Waals surface area contributed by atoms with Crippen molar-refractivity contribution in [3.8, 4) is 0 Å². The molecule has 0 saturated carbocycles. The summed E-state index contributed by atoms with van der Waals surface area (Å²) >= 11 is 11.4. The monoisotopic (exact) mass is 597 g/mol. The Bertz CT molecular complexity index is 87.0. The van der Waals surface area contributed by atoms with E-state index < -0.39 is 11.5 Å². The molecule has 62 valence electrons. The molecule has 0 aliphatic rings. The van der Waals surface area contributed by atoms with E-state index in [0.29, 0.717) is 0 Å². The van der Waals surface area contributed by atoms with E-state index >= 15 is 0 Å². The van der Waals surface area contributed by atoms with Gasteiger partial charge in [0, 0.05) is 14.1 Å². The van der Waals surface area contributed by atoms with E-state index in [2.05, 4.69) is 47.9 Å². The second-order valence-electron chi connectivity index (χ2n) is 1.50. The number of carbonyl (C=O) groups is 1. The second kappa shape index (κ2) is 7.94. The molecule has 0 fully saturated rings. The first kappa shape index (κ1) is 14.8. The molecule has 0 aliphatic heterocycles. The molecule has 0 spiro atoms. The van der Waals surface area contributed by atoms with Crippen molar-refractivity contribution >= 4 is 65.9 Å². The van der Waals surface area contributed by atoms with Gasteiger partial charge in [0.1, 0.15) is 0 Å². The number of amides is 1. The third kappa shape index (κ3) is 48.1. The molecule has 0 rings (SSSR count). The third-order valence-electron chi connectivity index (χ3n) is 0.211. The summed E-state index contributed by atoms with van der Waals surface area (Å²) in [5.41, 5.74) is 0. The predicted octanol–water partition coefficient (Wildman–Crippen LogP) is 2.71. The fourth-order valence-electron chi connectivity index (χ4n) is 0. The van der Waals surface area contributed by atoms with Crippen LogP contribution in [-0.2, 0) is 4.79 Å². The molecule has 0 heterocycles. The van der Waals surface area contributed by atoms with Gasteiger partial charge in [-0.2, -0.15) is 0 Å². The van der Waals surface area contributed by atoms with E-state index in [-0.39, 0.29) is 0 Å². The number of hydrogen-bond donors (Lipinski definition) is 0. The molecule has 0 N–H and O–H groups in total. The predicted molar refractivity (Wildman–Crippen MR) is 61.2 cm³/mol. The first-order chi connectivity index (χ1) is 4.27. The van der Waals surface area contributed by atoms with E-state index in [1.807, 2.05) is 0 Å². The van der Waals surface area contributed by atoms with Crippen molar-refractivity contribution in [1.29, 1.82) is 0 Å². The van der Waals surface area contributed by atoms with Crippen LogP contribution in [0.15, 0.2) is 0 Å². The molecule has 2 nitrogen and oxygen atoms in total. The Morgan fingerprint density at radius 3 is 1.30 bits per heavy atom. The molecule has 1 amide bonds. The molecule has 7 heteroatoms. The summed E-state index contributed by atoms with van der Waals surface area (Å²) in [5, 5.41) is 0. The van der Waals surface area contributed by atoms with Crippen molar-refractivity contribution in [2.24, 2.45) is 0 Å². The van der Waals surface area contributed by atoms with Gasteiger partial charge in [-0.1, -0.05) is 0 Å². The molecule has 0 radical (unpaired) electrons. The van der Waals surface area contributed by atoms with Crippen LogP contribution in [0, 0.1) is 0 Å². The van der Waals surface area contributed by atoms with E-state index in [9.17, 15) is 4.79 Å². The molecule has 0 aliphatic carbocycles. The van der Waals surface area contributed by atoms with Crippen LogP contribution in [0.1, 0.15) is 0 Å². The van der Waals surface area contributed by atoms with Gasteiger partial charge >= 0.3 is 59.5 Å². The molecule has 10 heavy (non-hydrogen) atoms. The van der Waals surface area contributed by atoms with Gasteiger partial charge in [0.25, 0.3) is 0 Å². The summed E-state index contributed by atoms with van der Waals surface area (Å²) in [6, 6.07) is 0. The van der Waals surface area contributed by atoms with E-state index in [4.69, 9.17) is 0 Å². The molecule has 0 unspecified atom stereocenters. The summed E-state index contributed by atoms with van der Waals surface area (Å²) in [6.45, 7) is 0. The van der Waals surface area contributed by atoms with Crippen LogP contribution < -0.4 is 0 Å². The molecule has 0 bridgehead atoms. The van der Waals surface area contributed by atoms with Crippen LogP contribution in [-0.4, -0.2) is 36.9 Å². The first-order valence-electron chi connectivity index (χ1n) is 2.14. The maximum atomic E-state index is 9.43. The summed E-state index contributed by atoms with van der Waals surface area (Å²) in [7, 11) is 3.38.